The maximum absolute atomic E-state index is 12.1. The van der Waals surface area contributed by atoms with Crippen molar-refractivity contribution in [3.63, 3.8) is 0 Å². The Morgan fingerprint density at radius 2 is 2.29 bits per heavy atom. The van der Waals surface area contributed by atoms with E-state index in [9.17, 15) is 4.79 Å². The number of rotatable bonds is 4. The van der Waals surface area contributed by atoms with Gasteiger partial charge in [0.05, 0.1) is 0 Å². The summed E-state index contributed by atoms with van der Waals surface area (Å²) in [6.07, 6.45) is 6.98. The molecule has 78 valence electrons. The van der Waals surface area contributed by atoms with Crippen molar-refractivity contribution in [2.75, 3.05) is 0 Å². The van der Waals surface area contributed by atoms with Gasteiger partial charge in [0.2, 0.25) is 0 Å². The Balaban J connectivity index is 2.10. The smallest absolute Gasteiger partial charge is 0.139 e. The Bertz CT molecular complexity index is 273. The fourth-order valence-electron chi connectivity index (χ4n) is 3.59. The van der Waals surface area contributed by atoms with Gasteiger partial charge in [-0.25, -0.2) is 0 Å². The number of fused-ring (bicyclic) bond motifs is 1. The quantitative estimate of drug-likeness (QED) is 0.624. The van der Waals surface area contributed by atoms with Crippen molar-refractivity contribution in [1.29, 1.82) is 0 Å². The van der Waals surface area contributed by atoms with E-state index in [0.29, 0.717) is 12.2 Å². The summed E-state index contributed by atoms with van der Waals surface area (Å²) in [5.41, 5.74) is 0.339. The van der Waals surface area contributed by atoms with Crippen molar-refractivity contribution in [2.24, 2.45) is 16.7 Å². The lowest BCUT2D eigenvalue weighted by Gasteiger charge is -2.54. The number of carbonyl (C=O) groups is 1. The van der Waals surface area contributed by atoms with Crippen molar-refractivity contribution >= 4 is 5.78 Å². The summed E-state index contributed by atoms with van der Waals surface area (Å²) in [4.78, 5) is 12.1. The van der Waals surface area contributed by atoms with E-state index >= 15 is 0 Å². The molecule has 0 amide bonds. The van der Waals surface area contributed by atoms with Gasteiger partial charge in [-0.15, -0.1) is 6.58 Å². The van der Waals surface area contributed by atoms with Crippen molar-refractivity contribution in [3.8, 4) is 0 Å². The highest BCUT2D eigenvalue weighted by atomic mass is 16.1. The van der Waals surface area contributed by atoms with E-state index in [0.717, 1.165) is 25.2 Å². The first kappa shape index (κ1) is 9.95. The van der Waals surface area contributed by atoms with Gasteiger partial charge in [-0.05, 0) is 37.0 Å². The maximum atomic E-state index is 12.1. The van der Waals surface area contributed by atoms with E-state index in [4.69, 9.17) is 0 Å². The number of allylic oxidation sites excluding steroid dienone is 1. The standard InChI is InChI=1S/C13H20O/c1-4-5-6-11(14)13-8-7-10(9-13)12(13,2)3/h4,10H,1,5-9H2,2-3H3/t10-,13+/m1/s1. The third-order valence-electron chi connectivity index (χ3n) is 4.88. The molecular formula is C13H20O. The highest BCUT2D eigenvalue weighted by Crippen LogP contribution is 2.71. The van der Waals surface area contributed by atoms with Gasteiger partial charge in [0.1, 0.15) is 5.78 Å². The molecule has 0 saturated heterocycles. The van der Waals surface area contributed by atoms with Crippen molar-refractivity contribution in [2.45, 2.75) is 46.0 Å². The molecule has 0 heterocycles. The molecular weight excluding hydrogens is 172 g/mol. The van der Waals surface area contributed by atoms with E-state index < -0.39 is 0 Å². The summed E-state index contributed by atoms with van der Waals surface area (Å²) in [5.74, 6) is 1.31. The average Bonchev–Trinajstić information content (AvgIpc) is 2.70. The van der Waals surface area contributed by atoms with Crippen LogP contribution in [-0.4, -0.2) is 5.78 Å². The SMILES string of the molecule is C=CCCC(=O)[C@]12CC[C@H](C1)C2(C)C. The molecule has 0 radical (unpaired) electrons. The van der Waals surface area contributed by atoms with E-state index in [1.54, 1.807) is 0 Å². The second kappa shape index (κ2) is 2.95. The summed E-state index contributed by atoms with van der Waals surface area (Å²) in [7, 11) is 0. The van der Waals surface area contributed by atoms with Gasteiger partial charge in [0.25, 0.3) is 0 Å². The van der Waals surface area contributed by atoms with Crippen LogP contribution in [0.2, 0.25) is 0 Å². The topological polar surface area (TPSA) is 17.1 Å². The normalized spacial score (nSPS) is 37.7. The summed E-state index contributed by atoms with van der Waals surface area (Å²) in [6.45, 7) is 8.23. The van der Waals surface area contributed by atoms with Crippen LogP contribution < -0.4 is 0 Å². The second-order valence-electron chi connectivity index (χ2n) is 5.49. The fourth-order valence-corrected chi connectivity index (χ4v) is 3.59. The predicted molar refractivity (Wildman–Crippen MR) is 58.0 cm³/mol. The molecule has 0 N–H and O–H groups in total. The molecule has 0 unspecified atom stereocenters. The Hall–Kier alpha value is -0.590. The Kier molecular flexibility index (Phi) is 2.09. The summed E-state index contributed by atoms with van der Waals surface area (Å²) >= 11 is 0. The first-order chi connectivity index (χ1) is 6.54. The van der Waals surface area contributed by atoms with Crippen LogP contribution in [0.5, 0.6) is 0 Å². The molecule has 0 spiro atoms. The number of carbonyl (C=O) groups excluding carboxylic acids is 1. The van der Waals surface area contributed by atoms with E-state index in [-0.39, 0.29) is 10.8 Å². The molecule has 14 heavy (non-hydrogen) atoms. The van der Waals surface area contributed by atoms with Crippen LogP contribution in [0.4, 0.5) is 0 Å². The molecule has 1 heteroatoms. The number of hydrogen-bond acceptors (Lipinski definition) is 1. The highest BCUT2D eigenvalue weighted by Gasteiger charge is 2.67. The Labute approximate surface area is 86.6 Å². The third kappa shape index (κ3) is 0.986. The Morgan fingerprint density at radius 1 is 1.57 bits per heavy atom. The zero-order chi connectivity index (χ0) is 10.4. The number of hydrogen-bond donors (Lipinski definition) is 0. The van der Waals surface area contributed by atoms with E-state index in [1.807, 2.05) is 6.08 Å². The lowest BCUT2D eigenvalue weighted by atomic mass is 9.49. The minimum Gasteiger partial charge on any atom is -0.299 e. The van der Waals surface area contributed by atoms with Gasteiger partial charge >= 0.3 is 0 Å². The zero-order valence-electron chi connectivity index (χ0n) is 9.31. The van der Waals surface area contributed by atoms with Gasteiger partial charge in [0.15, 0.2) is 0 Å². The number of ketones is 1. The second-order valence-corrected chi connectivity index (χ2v) is 5.49. The van der Waals surface area contributed by atoms with Gasteiger partial charge in [-0.3, -0.25) is 4.79 Å². The lowest BCUT2D eigenvalue weighted by Crippen LogP contribution is -2.52. The van der Waals surface area contributed by atoms with Crippen LogP contribution in [-0.2, 0) is 4.79 Å². The monoisotopic (exact) mass is 192 g/mol. The van der Waals surface area contributed by atoms with Gasteiger partial charge in [-0.2, -0.15) is 0 Å². The first-order valence-electron chi connectivity index (χ1n) is 5.69. The van der Waals surface area contributed by atoms with Crippen molar-refractivity contribution < 1.29 is 4.79 Å². The molecule has 0 aromatic rings. The predicted octanol–water partition coefficient (Wildman–Crippen LogP) is 3.35. The summed E-state index contributed by atoms with van der Waals surface area (Å²) < 4.78 is 0. The summed E-state index contributed by atoms with van der Waals surface area (Å²) in [6, 6.07) is 0. The summed E-state index contributed by atoms with van der Waals surface area (Å²) in [5, 5.41) is 0. The highest BCUT2D eigenvalue weighted by molar-refractivity contribution is 5.87. The average molecular weight is 192 g/mol. The molecule has 2 atom stereocenters. The van der Waals surface area contributed by atoms with Crippen molar-refractivity contribution in [1.82, 2.24) is 0 Å². The molecule has 3 aliphatic rings. The van der Waals surface area contributed by atoms with Gasteiger partial charge in [-0.1, -0.05) is 19.9 Å². The molecule has 0 aromatic heterocycles. The molecule has 3 fully saturated rings. The molecule has 2 bridgehead atoms. The zero-order valence-corrected chi connectivity index (χ0v) is 9.31. The molecule has 3 aliphatic carbocycles. The van der Waals surface area contributed by atoms with Crippen LogP contribution in [0.15, 0.2) is 12.7 Å². The minimum absolute atomic E-state index is 0.0562. The molecule has 0 aromatic carbocycles. The van der Waals surface area contributed by atoms with Gasteiger partial charge < -0.3 is 0 Å². The molecule has 1 nitrogen and oxygen atoms in total. The fraction of sp³-hybridized carbons (Fsp3) is 0.769. The molecule has 3 rings (SSSR count). The van der Waals surface area contributed by atoms with Crippen molar-refractivity contribution in [3.05, 3.63) is 12.7 Å². The van der Waals surface area contributed by atoms with E-state index in [1.165, 1.54) is 6.42 Å². The van der Waals surface area contributed by atoms with E-state index in [2.05, 4.69) is 20.4 Å². The van der Waals surface area contributed by atoms with Gasteiger partial charge in [0, 0.05) is 11.8 Å². The largest absolute Gasteiger partial charge is 0.299 e. The van der Waals surface area contributed by atoms with Crippen LogP contribution >= 0.6 is 0 Å². The number of Topliss-reactive ketones (excluding diaryl/α,β-unsaturated/α-hetero) is 1. The lowest BCUT2D eigenvalue weighted by molar-refractivity contribution is -0.148. The molecule has 0 aliphatic heterocycles. The minimum atomic E-state index is 0.0562. The first-order valence-corrected chi connectivity index (χ1v) is 5.69. The van der Waals surface area contributed by atoms with Crippen LogP contribution in [0.1, 0.15) is 46.0 Å². The van der Waals surface area contributed by atoms with Crippen LogP contribution in [0.3, 0.4) is 0 Å². The van der Waals surface area contributed by atoms with Crippen LogP contribution in [0, 0.1) is 16.7 Å². The third-order valence-corrected chi connectivity index (χ3v) is 4.88. The molecule has 3 saturated carbocycles. The van der Waals surface area contributed by atoms with Crippen LogP contribution in [0.25, 0.3) is 0 Å². The maximum Gasteiger partial charge on any atom is 0.139 e. The Morgan fingerprint density at radius 3 is 2.71 bits per heavy atom.